The first kappa shape index (κ1) is 76.7. The van der Waals surface area contributed by atoms with E-state index in [-0.39, 0.29) is 27.5 Å². The summed E-state index contributed by atoms with van der Waals surface area (Å²) in [4.78, 5) is 23.9. The number of likely N-dealkylation sites (N-methyl/N-ethyl adjacent to an activating group) is 1. The number of carbonyl (C=O) groups is 1. The number of nitriles is 1. The van der Waals surface area contributed by atoms with Crippen LogP contribution in [-0.4, -0.2) is 92.8 Å². The van der Waals surface area contributed by atoms with Gasteiger partial charge in [0, 0.05) is 95.0 Å². The van der Waals surface area contributed by atoms with Gasteiger partial charge in [0.15, 0.2) is 0 Å². The highest BCUT2D eigenvalue weighted by atomic mass is 35.5. The molecule has 5 aliphatic heterocycles. The van der Waals surface area contributed by atoms with Crippen molar-refractivity contribution in [2.75, 3.05) is 72.2 Å². The third kappa shape index (κ3) is 16.4. The molecule has 1 unspecified atom stereocenters. The van der Waals surface area contributed by atoms with Crippen LogP contribution in [0.5, 0.6) is 5.75 Å². The monoisotopic (exact) mass is 1490 g/mol. The molecule has 5 aliphatic rings. The molecule has 0 saturated carbocycles. The maximum absolute atomic E-state index is 13.9. The zero-order valence-electron chi connectivity index (χ0n) is 61.3. The Balaban J connectivity index is 0.000000147. The predicted octanol–water partition coefficient (Wildman–Crippen LogP) is 22.8. The number of aromatic nitrogens is 4. The van der Waals surface area contributed by atoms with Crippen molar-refractivity contribution in [1.29, 1.82) is 5.26 Å². The second-order valence-electron chi connectivity index (χ2n) is 27.3. The van der Waals surface area contributed by atoms with E-state index in [1.165, 1.54) is 111 Å². The number of benzene rings is 4. The van der Waals surface area contributed by atoms with Crippen LogP contribution in [-0.2, 0) is 37.5 Å². The minimum Gasteiger partial charge on any atom is -0.492 e. The maximum atomic E-state index is 13.9. The summed E-state index contributed by atoms with van der Waals surface area (Å²) in [6.07, 6.45) is 12.6. The number of thioether (sulfide) groups is 1. The van der Waals surface area contributed by atoms with Gasteiger partial charge in [-0.1, -0.05) is 45.4 Å². The molecule has 9 heterocycles. The molecular formula is C75H91ClFN17O3S5. The van der Waals surface area contributed by atoms with E-state index in [0.717, 1.165) is 154 Å². The smallest absolute Gasteiger partial charge is 0.340 e. The molecule has 102 heavy (non-hydrogen) atoms. The van der Waals surface area contributed by atoms with E-state index in [4.69, 9.17) is 16.3 Å². The Hall–Kier alpha value is -7.93. The number of aromatic carboxylic acids is 1. The number of nitrogens with zero attached hydrogens (tertiary/aromatic N) is 17. The summed E-state index contributed by atoms with van der Waals surface area (Å²) in [5.41, 5.74) is 20.2. The SMILES string of the molecule is C=CCN1CCCc2cc(N=Nc3nsc(F)c3SCCC)c(C)cc21.CCOc1cc(N=Nc2nsc(CC)c2C#N)c(C)c2c1N(C)C(C)(C)CC2.Cc1cc2c(cc1N=Nc1nsc(C)c1C(=O)O)C(C)(C)C(C)N2C.Cc1snc(N=Nc2cc3c4c(c2C)CCCN4CCC3)c1Cl. The third-order valence-electron chi connectivity index (χ3n) is 20.0. The van der Waals surface area contributed by atoms with Crippen LogP contribution in [0.3, 0.4) is 0 Å². The number of hydrogen-bond acceptors (Lipinski definition) is 24. The van der Waals surface area contributed by atoms with Gasteiger partial charge < -0.3 is 29.4 Å². The number of carboxylic acids is 1. The molecule has 0 saturated heterocycles. The molecule has 4 aromatic carbocycles. The summed E-state index contributed by atoms with van der Waals surface area (Å²) < 4.78 is 36.6. The zero-order valence-corrected chi connectivity index (χ0v) is 66.1. The van der Waals surface area contributed by atoms with E-state index in [1.807, 2.05) is 46.8 Å². The first-order valence-corrected chi connectivity index (χ1v) is 39.2. The molecule has 1 atom stereocenters. The fourth-order valence-electron chi connectivity index (χ4n) is 13.5. The lowest BCUT2D eigenvalue weighted by Gasteiger charge is -2.44. The van der Waals surface area contributed by atoms with Crippen LogP contribution in [0.1, 0.15) is 168 Å². The fourth-order valence-corrected chi connectivity index (χ4v) is 17.1. The number of ether oxygens (including phenoxy) is 1. The summed E-state index contributed by atoms with van der Waals surface area (Å²) in [5, 5.41) is 53.7. The predicted molar refractivity (Wildman–Crippen MR) is 419 cm³/mol. The number of fused-ring (bicyclic) bond motifs is 3. The van der Waals surface area contributed by atoms with Crippen LogP contribution >= 0.6 is 69.5 Å². The van der Waals surface area contributed by atoms with Crippen LogP contribution in [0, 0.1) is 58.0 Å². The molecule has 0 spiro atoms. The normalized spacial score (nSPS) is 16.3. The number of aryl methyl sites for hydroxylation is 7. The Kier molecular flexibility index (Phi) is 25.0. The van der Waals surface area contributed by atoms with Gasteiger partial charge in [-0.25, -0.2) is 4.79 Å². The van der Waals surface area contributed by atoms with E-state index in [0.29, 0.717) is 50.5 Å². The van der Waals surface area contributed by atoms with E-state index < -0.39 is 5.97 Å². The fraction of sp³-hybridized carbons (Fsp3) is 0.467. The molecule has 538 valence electrons. The molecule has 0 fully saturated rings. The Labute approximate surface area is 624 Å². The number of rotatable bonds is 17. The van der Waals surface area contributed by atoms with Gasteiger partial charge in [0.1, 0.15) is 32.9 Å². The number of anilines is 4. The Morgan fingerprint density at radius 1 is 0.735 bits per heavy atom. The van der Waals surface area contributed by atoms with E-state index >= 15 is 0 Å². The van der Waals surface area contributed by atoms with Crippen molar-refractivity contribution in [2.24, 2.45) is 40.9 Å². The van der Waals surface area contributed by atoms with E-state index in [2.05, 4.69) is 190 Å². The van der Waals surface area contributed by atoms with Crippen LogP contribution < -0.4 is 24.3 Å². The number of carboxylic acid groups (broad SMARTS) is 1. The molecule has 0 amide bonds. The third-order valence-corrected chi connectivity index (χ3v) is 25.0. The quantitative estimate of drug-likeness (QED) is 0.0508. The van der Waals surface area contributed by atoms with Crippen molar-refractivity contribution in [3.8, 4) is 11.8 Å². The van der Waals surface area contributed by atoms with Crippen LogP contribution in [0.15, 0.2) is 94.9 Å². The largest absolute Gasteiger partial charge is 0.492 e. The molecule has 27 heteroatoms. The summed E-state index contributed by atoms with van der Waals surface area (Å²) in [7, 11) is 4.23. The number of hydrogen-bond donors (Lipinski definition) is 1. The van der Waals surface area contributed by atoms with Gasteiger partial charge in [-0.05, 0) is 266 Å². The average Bonchev–Trinajstić information content (AvgIpc) is 1.26. The highest BCUT2D eigenvalue weighted by Gasteiger charge is 2.41. The minimum atomic E-state index is -1.03. The van der Waals surface area contributed by atoms with E-state index in [9.17, 15) is 19.6 Å². The first-order valence-electron chi connectivity index (χ1n) is 34.7. The molecule has 20 nitrogen and oxygen atoms in total. The van der Waals surface area contributed by atoms with Gasteiger partial charge >= 0.3 is 5.97 Å². The summed E-state index contributed by atoms with van der Waals surface area (Å²) in [6, 6.07) is 15.2. The first-order chi connectivity index (χ1) is 48.8. The standard InChI is InChI=1S/C21H27N5OS.C19H23FN4S2.C18H22N4O2S.C17H19ClN4S/c1-7-18-15(12-22)20(25-28-18)24-23-16-11-17(27-8-2)19-14(13(16)3)9-10-21(4,5)26(19)6;1-4-8-24-9-6-7-14-12-15(13(3)11-16(14)24)21-22-19-17(25-10-5-2)18(20)26-23-19;1-9-7-14-12(18(4,5)11(3)22(14)6)8-13(9)19-20-16-15(17(23)24)10(2)25-21-16;1-10-13-6-4-8-22-7-3-5-12(16(13)22)9-14(10)19-20-17-15(18)11(2)23-21-17/h11H,7-10H2,1-6H3;4,11-12H,1,5-10H2,2-3H3;7-8,11H,1-6H3,(H,23,24);9H,3-8H2,1-2H3. The highest BCUT2D eigenvalue weighted by Crippen LogP contribution is 2.50. The van der Waals surface area contributed by atoms with Crippen molar-refractivity contribution in [3.05, 3.63) is 135 Å². The lowest BCUT2D eigenvalue weighted by molar-refractivity contribution is 0.0697. The van der Waals surface area contributed by atoms with Gasteiger partial charge in [0.05, 0.1) is 35.0 Å². The summed E-state index contributed by atoms with van der Waals surface area (Å²) >= 11 is 12.3. The molecule has 4 aromatic heterocycles. The summed E-state index contributed by atoms with van der Waals surface area (Å²) in [6.45, 7) is 37.9. The molecule has 0 aliphatic carbocycles. The van der Waals surface area contributed by atoms with Crippen molar-refractivity contribution < 1.29 is 19.0 Å². The van der Waals surface area contributed by atoms with Crippen molar-refractivity contribution in [1.82, 2.24) is 17.5 Å². The van der Waals surface area contributed by atoms with Crippen molar-refractivity contribution in [3.63, 3.8) is 0 Å². The lowest BCUT2D eigenvalue weighted by atomic mass is 9.81. The molecule has 0 radical (unpaired) electrons. The average molecular weight is 1490 g/mol. The van der Waals surface area contributed by atoms with Crippen LogP contribution in [0.4, 0.5) is 73.2 Å². The Bertz CT molecular complexity index is 4600. The van der Waals surface area contributed by atoms with Gasteiger partial charge in [-0.15, -0.1) is 59.3 Å². The van der Waals surface area contributed by atoms with E-state index in [1.54, 1.807) is 6.92 Å². The number of azo groups is 4. The Morgan fingerprint density at radius 3 is 1.97 bits per heavy atom. The van der Waals surface area contributed by atoms with Gasteiger partial charge in [0.2, 0.25) is 28.4 Å². The Morgan fingerprint density at radius 2 is 1.31 bits per heavy atom. The minimum absolute atomic E-state index is 0.00545. The lowest BCUT2D eigenvalue weighted by Crippen LogP contribution is -2.45. The molecule has 13 rings (SSSR count). The van der Waals surface area contributed by atoms with Gasteiger partial charge in [-0.2, -0.15) is 27.1 Å². The van der Waals surface area contributed by atoms with Crippen LogP contribution in [0.25, 0.3) is 0 Å². The molecular weight excluding hydrogens is 1400 g/mol. The summed E-state index contributed by atoms with van der Waals surface area (Å²) in [5.74, 6) is 2.13. The number of halogens is 2. The second-order valence-corrected chi connectivity index (χ2v) is 32.3. The van der Waals surface area contributed by atoms with Crippen molar-refractivity contribution in [2.45, 2.75) is 183 Å². The molecule has 1 N–H and O–H groups in total. The molecule has 0 bridgehead atoms. The molecule has 8 aromatic rings. The van der Waals surface area contributed by atoms with Crippen molar-refractivity contribution >= 4 is 144 Å². The zero-order chi connectivity index (χ0) is 73.5. The topological polar surface area (TPSA) is 234 Å². The van der Waals surface area contributed by atoms with Crippen LogP contribution in [0.2, 0.25) is 5.02 Å². The second kappa shape index (κ2) is 33.2. The highest BCUT2D eigenvalue weighted by molar-refractivity contribution is 7.99. The van der Waals surface area contributed by atoms with Gasteiger partial charge in [0.25, 0.3) is 0 Å². The maximum Gasteiger partial charge on any atom is 0.340 e. The van der Waals surface area contributed by atoms with Gasteiger partial charge in [-0.3, -0.25) is 0 Å².